The SMILES string of the molecule is CCCCOCCOCCOCCOCC1CCC(NC(=O)OC(C)(C)C)CC1. The third-order valence-corrected chi connectivity index (χ3v) is 4.68. The summed E-state index contributed by atoms with van der Waals surface area (Å²) < 4.78 is 27.4. The van der Waals surface area contributed by atoms with Gasteiger partial charge in [0.15, 0.2) is 0 Å². The molecular weight excluding hydrogens is 374 g/mol. The van der Waals surface area contributed by atoms with Gasteiger partial charge in [-0.05, 0) is 58.8 Å². The zero-order valence-corrected chi connectivity index (χ0v) is 19.0. The van der Waals surface area contributed by atoms with Crippen LogP contribution in [-0.2, 0) is 23.7 Å². The number of nitrogens with one attached hydrogen (secondary N) is 1. The van der Waals surface area contributed by atoms with Crippen LogP contribution in [0.1, 0.15) is 66.2 Å². The topological polar surface area (TPSA) is 75.3 Å². The summed E-state index contributed by atoms with van der Waals surface area (Å²) in [7, 11) is 0. The van der Waals surface area contributed by atoms with Crippen molar-refractivity contribution < 1.29 is 28.5 Å². The van der Waals surface area contributed by atoms with Gasteiger partial charge in [-0.1, -0.05) is 13.3 Å². The van der Waals surface area contributed by atoms with Crippen LogP contribution < -0.4 is 5.32 Å². The van der Waals surface area contributed by atoms with Gasteiger partial charge in [0.2, 0.25) is 0 Å². The number of carbonyl (C=O) groups excluding carboxylic acids is 1. The Morgan fingerprint density at radius 3 is 1.86 bits per heavy atom. The fraction of sp³-hybridized carbons (Fsp3) is 0.955. The van der Waals surface area contributed by atoms with Gasteiger partial charge in [-0.3, -0.25) is 0 Å². The van der Waals surface area contributed by atoms with Gasteiger partial charge in [-0.2, -0.15) is 0 Å². The number of rotatable bonds is 15. The predicted molar refractivity (Wildman–Crippen MR) is 113 cm³/mol. The fourth-order valence-corrected chi connectivity index (χ4v) is 3.10. The molecule has 1 saturated carbocycles. The van der Waals surface area contributed by atoms with Gasteiger partial charge >= 0.3 is 6.09 Å². The molecule has 1 N–H and O–H groups in total. The van der Waals surface area contributed by atoms with E-state index in [0.29, 0.717) is 45.6 Å². The Morgan fingerprint density at radius 2 is 1.34 bits per heavy atom. The van der Waals surface area contributed by atoms with Crippen LogP contribution in [0.2, 0.25) is 0 Å². The molecule has 29 heavy (non-hydrogen) atoms. The maximum Gasteiger partial charge on any atom is 0.407 e. The molecule has 1 rings (SSSR count). The molecule has 1 fully saturated rings. The van der Waals surface area contributed by atoms with Crippen LogP contribution >= 0.6 is 0 Å². The Bertz CT molecular complexity index is 405. The van der Waals surface area contributed by atoms with E-state index in [0.717, 1.165) is 51.7 Å². The molecule has 1 aliphatic carbocycles. The molecule has 0 atom stereocenters. The summed E-state index contributed by atoms with van der Waals surface area (Å²) in [6, 6.07) is 0.210. The second-order valence-electron chi connectivity index (χ2n) is 8.63. The Labute approximate surface area is 177 Å². The first kappa shape index (κ1) is 26.1. The Hall–Kier alpha value is -0.890. The number of carbonyl (C=O) groups is 1. The lowest BCUT2D eigenvalue weighted by Gasteiger charge is -2.30. The summed E-state index contributed by atoms with van der Waals surface area (Å²) in [6.45, 7) is 13.0. The minimum atomic E-state index is -0.452. The van der Waals surface area contributed by atoms with Crippen LogP contribution in [0.5, 0.6) is 0 Å². The van der Waals surface area contributed by atoms with Crippen LogP contribution in [0.15, 0.2) is 0 Å². The molecule has 0 aliphatic heterocycles. The summed E-state index contributed by atoms with van der Waals surface area (Å²) in [4.78, 5) is 11.8. The molecular formula is C22H43NO6. The van der Waals surface area contributed by atoms with Gasteiger partial charge in [0.25, 0.3) is 0 Å². The van der Waals surface area contributed by atoms with Gasteiger partial charge < -0.3 is 29.0 Å². The molecule has 0 saturated heterocycles. The summed E-state index contributed by atoms with van der Waals surface area (Å²) in [5.41, 5.74) is -0.452. The van der Waals surface area contributed by atoms with Crippen molar-refractivity contribution in [3.05, 3.63) is 0 Å². The largest absolute Gasteiger partial charge is 0.444 e. The van der Waals surface area contributed by atoms with Crippen LogP contribution in [-0.4, -0.2) is 70.6 Å². The smallest absolute Gasteiger partial charge is 0.407 e. The molecule has 0 spiro atoms. The quantitative estimate of drug-likeness (QED) is 0.407. The molecule has 7 nitrogen and oxygen atoms in total. The number of amides is 1. The summed E-state index contributed by atoms with van der Waals surface area (Å²) in [6.07, 6.45) is 6.02. The molecule has 7 heteroatoms. The van der Waals surface area contributed by atoms with Gasteiger partial charge in [0, 0.05) is 19.3 Å². The molecule has 0 bridgehead atoms. The highest BCUT2D eigenvalue weighted by Gasteiger charge is 2.24. The van der Waals surface area contributed by atoms with E-state index in [1.54, 1.807) is 0 Å². The second kappa shape index (κ2) is 15.9. The third-order valence-electron chi connectivity index (χ3n) is 4.68. The number of hydrogen-bond acceptors (Lipinski definition) is 6. The van der Waals surface area contributed by atoms with Gasteiger partial charge in [0.1, 0.15) is 5.60 Å². The zero-order valence-electron chi connectivity index (χ0n) is 19.0. The Morgan fingerprint density at radius 1 is 0.828 bits per heavy atom. The van der Waals surface area contributed by atoms with Gasteiger partial charge in [0.05, 0.1) is 39.6 Å². The number of hydrogen-bond donors (Lipinski definition) is 1. The molecule has 172 valence electrons. The predicted octanol–water partition coefficient (Wildman–Crippen LogP) is 3.94. The second-order valence-corrected chi connectivity index (χ2v) is 8.63. The lowest BCUT2D eigenvalue weighted by Crippen LogP contribution is -2.41. The van der Waals surface area contributed by atoms with E-state index in [9.17, 15) is 4.79 Å². The van der Waals surface area contributed by atoms with Gasteiger partial charge in [-0.25, -0.2) is 4.79 Å². The highest BCUT2D eigenvalue weighted by molar-refractivity contribution is 5.68. The van der Waals surface area contributed by atoms with Crippen molar-refractivity contribution in [2.24, 2.45) is 5.92 Å². The monoisotopic (exact) mass is 417 g/mol. The molecule has 0 heterocycles. The average molecular weight is 418 g/mol. The van der Waals surface area contributed by atoms with E-state index in [-0.39, 0.29) is 12.1 Å². The first-order chi connectivity index (χ1) is 13.9. The molecule has 0 aromatic carbocycles. The molecule has 0 unspecified atom stereocenters. The highest BCUT2D eigenvalue weighted by atomic mass is 16.6. The Balaban J connectivity index is 1.88. The van der Waals surface area contributed by atoms with Crippen molar-refractivity contribution >= 4 is 6.09 Å². The van der Waals surface area contributed by atoms with Crippen LogP contribution in [0, 0.1) is 5.92 Å². The van der Waals surface area contributed by atoms with Crippen LogP contribution in [0.25, 0.3) is 0 Å². The zero-order chi connectivity index (χ0) is 21.4. The normalized spacial score (nSPS) is 19.9. The van der Waals surface area contributed by atoms with E-state index in [1.165, 1.54) is 0 Å². The van der Waals surface area contributed by atoms with E-state index in [2.05, 4.69) is 12.2 Å². The summed E-state index contributed by atoms with van der Waals surface area (Å²) >= 11 is 0. The maximum atomic E-state index is 11.8. The maximum absolute atomic E-state index is 11.8. The molecule has 0 aromatic rings. The van der Waals surface area contributed by atoms with Crippen molar-refractivity contribution in [2.45, 2.75) is 77.9 Å². The minimum absolute atomic E-state index is 0.210. The van der Waals surface area contributed by atoms with Crippen LogP contribution in [0.4, 0.5) is 4.79 Å². The lowest BCUT2D eigenvalue weighted by molar-refractivity contribution is -0.00831. The van der Waals surface area contributed by atoms with Crippen LogP contribution in [0.3, 0.4) is 0 Å². The fourth-order valence-electron chi connectivity index (χ4n) is 3.10. The first-order valence-electron chi connectivity index (χ1n) is 11.2. The van der Waals surface area contributed by atoms with Crippen molar-refractivity contribution in [1.29, 1.82) is 0 Å². The average Bonchev–Trinajstić information content (AvgIpc) is 2.65. The summed E-state index contributed by atoms with van der Waals surface area (Å²) in [5, 5.41) is 2.97. The highest BCUT2D eigenvalue weighted by Crippen LogP contribution is 2.24. The molecule has 0 radical (unpaired) electrons. The van der Waals surface area contributed by atoms with Crippen molar-refractivity contribution in [3.8, 4) is 0 Å². The standard InChI is InChI=1S/C22H43NO6/c1-5-6-11-25-12-13-26-14-15-27-16-17-28-18-19-7-9-20(10-8-19)23-21(24)29-22(2,3)4/h19-20H,5-18H2,1-4H3,(H,23,24). The Kier molecular flexibility index (Phi) is 14.3. The van der Waals surface area contributed by atoms with E-state index in [4.69, 9.17) is 23.7 Å². The third kappa shape index (κ3) is 15.6. The van der Waals surface area contributed by atoms with E-state index in [1.807, 2.05) is 20.8 Å². The lowest BCUT2D eigenvalue weighted by atomic mass is 9.86. The molecule has 1 amide bonds. The van der Waals surface area contributed by atoms with Crippen molar-refractivity contribution in [2.75, 3.05) is 52.9 Å². The minimum Gasteiger partial charge on any atom is -0.444 e. The number of ether oxygens (including phenoxy) is 5. The number of alkyl carbamates (subject to hydrolysis) is 1. The molecule has 0 aromatic heterocycles. The van der Waals surface area contributed by atoms with E-state index >= 15 is 0 Å². The van der Waals surface area contributed by atoms with Crippen molar-refractivity contribution in [1.82, 2.24) is 5.32 Å². The number of unbranched alkanes of at least 4 members (excludes halogenated alkanes) is 1. The summed E-state index contributed by atoms with van der Waals surface area (Å²) in [5.74, 6) is 0.558. The van der Waals surface area contributed by atoms with Gasteiger partial charge in [-0.15, -0.1) is 0 Å². The van der Waals surface area contributed by atoms with E-state index < -0.39 is 5.60 Å². The van der Waals surface area contributed by atoms with Crippen molar-refractivity contribution in [3.63, 3.8) is 0 Å². The molecule has 1 aliphatic rings. The first-order valence-corrected chi connectivity index (χ1v) is 11.2.